The topological polar surface area (TPSA) is 237 Å². The summed E-state index contributed by atoms with van der Waals surface area (Å²) in [6.07, 6.45) is 58.4. The number of unbranched alkanes of at least 4 members (excludes halogenated alkanes) is 45. The van der Waals surface area contributed by atoms with Crippen molar-refractivity contribution in [1.29, 1.82) is 0 Å². The lowest BCUT2D eigenvalue weighted by molar-refractivity contribution is -0.161. The predicted octanol–water partition coefficient (Wildman–Crippen LogP) is 24.4. The van der Waals surface area contributed by atoms with Gasteiger partial charge in [-0.25, -0.2) is 9.13 Å². The van der Waals surface area contributed by atoms with Crippen LogP contribution in [0.2, 0.25) is 0 Å². The SMILES string of the molecule is CC(C)CCCCCCCCCCCCCCCCCCC(=O)OC[C@H](COP(=O)(O)OCC(O)COP(=O)(O)OC[C@@H](COC(=O)CCCCCCCCCC(C)C)OC(=O)CCCCCCCCCCCCCC(C)C)OC(=O)CCCCCCCCCCCCCCCCCC(C)C. The number of phosphoric ester groups is 2. The predicted molar refractivity (Wildman–Crippen MR) is 414 cm³/mol. The van der Waals surface area contributed by atoms with E-state index in [1.165, 1.54) is 218 Å². The van der Waals surface area contributed by atoms with Gasteiger partial charge >= 0.3 is 39.5 Å². The Morgan fingerprint density at radius 2 is 0.416 bits per heavy atom. The van der Waals surface area contributed by atoms with E-state index < -0.39 is 97.5 Å². The summed E-state index contributed by atoms with van der Waals surface area (Å²) in [5, 5.41) is 10.6. The molecule has 19 heteroatoms. The Kier molecular flexibility index (Phi) is 69.6. The molecular formula is C82H160O17P2. The second-order valence-electron chi connectivity index (χ2n) is 31.4. The fraction of sp³-hybridized carbons (Fsp3) is 0.951. The van der Waals surface area contributed by atoms with Crippen LogP contribution in [0.4, 0.5) is 0 Å². The number of aliphatic hydroxyl groups is 1. The molecule has 5 atom stereocenters. The smallest absolute Gasteiger partial charge is 0.462 e. The van der Waals surface area contributed by atoms with Gasteiger partial charge < -0.3 is 33.8 Å². The van der Waals surface area contributed by atoms with Gasteiger partial charge in [0.05, 0.1) is 26.4 Å². The molecule has 0 aliphatic rings. The number of rotatable bonds is 79. The monoisotopic (exact) mass is 1480 g/mol. The minimum absolute atomic E-state index is 0.105. The average molecular weight is 1480 g/mol. The Morgan fingerprint density at radius 1 is 0.248 bits per heavy atom. The van der Waals surface area contributed by atoms with Crippen molar-refractivity contribution in [2.24, 2.45) is 23.7 Å². The minimum Gasteiger partial charge on any atom is -0.462 e. The maximum absolute atomic E-state index is 13.1. The van der Waals surface area contributed by atoms with Crippen molar-refractivity contribution in [3.05, 3.63) is 0 Å². The van der Waals surface area contributed by atoms with Crippen LogP contribution in [0.3, 0.4) is 0 Å². The van der Waals surface area contributed by atoms with E-state index in [1.807, 2.05) is 0 Å². The van der Waals surface area contributed by atoms with Crippen LogP contribution in [-0.4, -0.2) is 96.7 Å². The van der Waals surface area contributed by atoms with E-state index in [2.05, 4.69) is 55.4 Å². The van der Waals surface area contributed by atoms with Gasteiger partial charge in [-0.05, 0) is 49.4 Å². The zero-order valence-electron chi connectivity index (χ0n) is 66.5. The quantitative estimate of drug-likeness (QED) is 0.0222. The van der Waals surface area contributed by atoms with E-state index in [9.17, 15) is 43.2 Å². The maximum Gasteiger partial charge on any atom is 0.472 e. The van der Waals surface area contributed by atoms with Crippen LogP contribution in [0.1, 0.15) is 421 Å². The highest BCUT2D eigenvalue weighted by molar-refractivity contribution is 7.47. The van der Waals surface area contributed by atoms with E-state index in [1.54, 1.807) is 0 Å². The fourth-order valence-electron chi connectivity index (χ4n) is 12.6. The van der Waals surface area contributed by atoms with Crippen molar-refractivity contribution in [3.63, 3.8) is 0 Å². The van der Waals surface area contributed by atoms with Crippen LogP contribution in [0.25, 0.3) is 0 Å². The summed E-state index contributed by atoms with van der Waals surface area (Å²) in [5.41, 5.74) is 0. The highest BCUT2D eigenvalue weighted by Gasteiger charge is 2.30. The van der Waals surface area contributed by atoms with Gasteiger partial charge in [-0.1, -0.05) is 370 Å². The van der Waals surface area contributed by atoms with Crippen LogP contribution in [0.5, 0.6) is 0 Å². The summed E-state index contributed by atoms with van der Waals surface area (Å²) in [6.45, 7) is 14.3. The van der Waals surface area contributed by atoms with Gasteiger partial charge in [0.15, 0.2) is 12.2 Å². The molecule has 3 N–H and O–H groups in total. The van der Waals surface area contributed by atoms with E-state index in [0.717, 1.165) is 114 Å². The first-order chi connectivity index (χ1) is 48.6. The van der Waals surface area contributed by atoms with Gasteiger partial charge in [0.1, 0.15) is 19.3 Å². The third kappa shape index (κ3) is 76.1. The molecule has 0 aromatic rings. The van der Waals surface area contributed by atoms with Crippen molar-refractivity contribution in [1.82, 2.24) is 0 Å². The summed E-state index contributed by atoms with van der Waals surface area (Å²) in [5.74, 6) is 0.972. The zero-order valence-corrected chi connectivity index (χ0v) is 68.3. The Morgan fingerprint density at radius 3 is 0.614 bits per heavy atom. The molecule has 0 saturated carbocycles. The molecule has 0 heterocycles. The molecule has 0 saturated heterocycles. The number of carbonyl (C=O) groups excluding carboxylic acids is 4. The fourth-order valence-corrected chi connectivity index (χ4v) is 14.2. The van der Waals surface area contributed by atoms with E-state index >= 15 is 0 Å². The van der Waals surface area contributed by atoms with Crippen LogP contribution >= 0.6 is 15.6 Å². The Labute approximate surface area is 619 Å². The molecule has 0 fully saturated rings. The lowest BCUT2D eigenvalue weighted by Gasteiger charge is -2.21. The number of hydrogen-bond acceptors (Lipinski definition) is 15. The van der Waals surface area contributed by atoms with Gasteiger partial charge in [0.25, 0.3) is 0 Å². The molecule has 17 nitrogen and oxygen atoms in total. The Balaban J connectivity index is 5.24. The molecular weight excluding hydrogens is 1320 g/mol. The number of esters is 4. The van der Waals surface area contributed by atoms with Crippen molar-refractivity contribution in [2.75, 3.05) is 39.6 Å². The molecule has 0 aliphatic heterocycles. The Hall–Kier alpha value is -1.94. The molecule has 3 unspecified atom stereocenters. The summed E-state index contributed by atoms with van der Waals surface area (Å²) in [7, 11) is -9.92. The first-order valence-electron chi connectivity index (χ1n) is 42.2. The Bertz CT molecular complexity index is 1970. The lowest BCUT2D eigenvalue weighted by atomic mass is 10.0. The second kappa shape index (κ2) is 71.0. The average Bonchev–Trinajstić information content (AvgIpc) is 1.02. The number of carbonyl (C=O) groups is 4. The van der Waals surface area contributed by atoms with Gasteiger partial charge in [-0.15, -0.1) is 0 Å². The number of hydrogen-bond donors (Lipinski definition) is 3. The van der Waals surface area contributed by atoms with Crippen molar-refractivity contribution >= 4 is 39.5 Å². The summed E-state index contributed by atoms with van der Waals surface area (Å²) < 4.78 is 68.7. The molecule has 0 aliphatic carbocycles. The maximum atomic E-state index is 13.1. The largest absolute Gasteiger partial charge is 0.472 e. The highest BCUT2D eigenvalue weighted by atomic mass is 31.2. The van der Waals surface area contributed by atoms with E-state index in [0.29, 0.717) is 31.6 Å². The van der Waals surface area contributed by atoms with E-state index in [4.69, 9.17) is 37.0 Å². The third-order valence-corrected chi connectivity index (χ3v) is 21.0. The second-order valence-corrected chi connectivity index (χ2v) is 34.3. The molecule has 0 bridgehead atoms. The molecule has 0 amide bonds. The normalized spacial score (nSPS) is 14.0. The zero-order chi connectivity index (χ0) is 74.6. The first-order valence-corrected chi connectivity index (χ1v) is 45.2. The molecule has 0 aromatic carbocycles. The summed E-state index contributed by atoms with van der Waals surface area (Å²) in [6, 6.07) is 0. The van der Waals surface area contributed by atoms with Crippen molar-refractivity contribution < 1.29 is 80.2 Å². The minimum atomic E-state index is -4.96. The van der Waals surface area contributed by atoms with Crippen molar-refractivity contribution in [3.8, 4) is 0 Å². The molecule has 0 rings (SSSR count). The highest BCUT2D eigenvalue weighted by Crippen LogP contribution is 2.45. The molecule has 0 radical (unpaired) electrons. The van der Waals surface area contributed by atoms with Crippen LogP contribution in [-0.2, 0) is 65.4 Å². The molecule has 600 valence electrons. The lowest BCUT2D eigenvalue weighted by Crippen LogP contribution is -2.30. The molecule has 0 spiro atoms. The summed E-state index contributed by atoms with van der Waals surface area (Å²) >= 11 is 0. The van der Waals surface area contributed by atoms with Crippen LogP contribution in [0, 0.1) is 23.7 Å². The van der Waals surface area contributed by atoms with Gasteiger partial charge in [-0.3, -0.25) is 37.3 Å². The number of aliphatic hydroxyl groups excluding tert-OH is 1. The molecule has 0 aromatic heterocycles. The van der Waals surface area contributed by atoms with Crippen molar-refractivity contribution in [2.45, 2.75) is 440 Å². The molecule has 101 heavy (non-hydrogen) atoms. The van der Waals surface area contributed by atoms with Crippen LogP contribution < -0.4 is 0 Å². The number of ether oxygens (including phenoxy) is 4. The van der Waals surface area contributed by atoms with Gasteiger partial charge in [-0.2, -0.15) is 0 Å². The first kappa shape index (κ1) is 99.1. The third-order valence-electron chi connectivity index (χ3n) is 19.1. The standard InChI is InChI=1S/C82H160O17P2/c1-72(2)58-50-42-34-27-21-16-12-9-10-14-18-24-30-38-46-54-62-79(84)92-68-77(98-81(86)64-56-48-39-31-25-19-15-11-13-17-22-28-35-43-51-59-73(3)4)70-96-100(88,89)94-66-76(83)67-95-101(90,91)97-71-78(69-93-80(85)63-55-47-41-33-37-45-53-61-75(7)8)99-82(87)65-57-49-40-32-26-20-23-29-36-44-52-60-74(5)6/h72-78,83H,9-71H2,1-8H3,(H,88,89)(H,90,91)/t76?,77-,78-/m1/s1. The van der Waals surface area contributed by atoms with E-state index in [-0.39, 0.29) is 25.7 Å². The van der Waals surface area contributed by atoms with Crippen LogP contribution in [0.15, 0.2) is 0 Å². The van der Waals surface area contributed by atoms with Gasteiger partial charge in [0, 0.05) is 25.7 Å². The van der Waals surface area contributed by atoms with Gasteiger partial charge in [0.2, 0.25) is 0 Å². The number of phosphoric acid groups is 2. The summed E-state index contributed by atoms with van der Waals surface area (Å²) in [4.78, 5) is 73.0.